The first-order valence-corrected chi connectivity index (χ1v) is 8.29. The standard InChI is InChI=1S/C18H24N4O2/c1-17(2,3)15-12-13(20-21-15)16(23)22-10-7-18(24,8-11-22)14-6-4-5-9-19-14/h4-6,9,12,24H,7-8,10-11H2,1-3H3,(H,20,21). The van der Waals surface area contributed by atoms with Gasteiger partial charge in [-0.1, -0.05) is 26.8 Å². The number of carbonyl (C=O) groups excluding carboxylic acids is 1. The van der Waals surface area contributed by atoms with Gasteiger partial charge < -0.3 is 10.0 Å². The van der Waals surface area contributed by atoms with Crippen molar-refractivity contribution in [2.45, 2.75) is 44.6 Å². The lowest BCUT2D eigenvalue weighted by atomic mass is 9.87. The zero-order chi connectivity index (χ0) is 17.4. The van der Waals surface area contributed by atoms with E-state index >= 15 is 0 Å². The number of carbonyl (C=O) groups is 1. The lowest BCUT2D eigenvalue weighted by Gasteiger charge is -2.37. The zero-order valence-electron chi connectivity index (χ0n) is 14.4. The Balaban J connectivity index is 1.68. The summed E-state index contributed by atoms with van der Waals surface area (Å²) in [5.41, 5.74) is 1.01. The molecule has 0 saturated carbocycles. The number of H-pyrrole nitrogens is 1. The van der Waals surface area contributed by atoms with Gasteiger partial charge in [0.1, 0.15) is 11.3 Å². The molecule has 128 valence electrons. The third-order valence-corrected chi connectivity index (χ3v) is 4.62. The summed E-state index contributed by atoms with van der Waals surface area (Å²) in [7, 11) is 0. The van der Waals surface area contributed by atoms with Crippen LogP contribution in [0, 0.1) is 0 Å². The molecule has 2 aromatic heterocycles. The van der Waals surface area contributed by atoms with E-state index in [2.05, 4.69) is 36.0 Å². The lowest BCUT2D eigenvalue weighted by molar-refractivity contribution is -0.0245. The molecule has 2 aromatic rings. The predicted molar refractivity (Wildman–Crippen MR) is 90.6 cm³/mol. The number of amides is 1. The van der Waals surface area contributed by atoms with Gasteiger partial charge in [-0.15, -0.1) is 0 Å². The molecule has 6 heteroatoms. The molecule has 3 heterocycles. The molecule has 1 saturated heterocycles. The lowest BCUT2D eigenvalue weighted by Crippen LogP contribution is -2.45. The van der Waals surface area contributed by atoms with Gasteiger partial charge in [0.15, 0.2) is 0 Å². The first-order valence-electron chi connectivity index (χ1n) is 8.29. The Hall–Kier alpha value is -2.21. The third-order valence-electron chi connectivity index (χ3n) is 4.62. The molecule has 1 aliphatic heterocycles. The van der Waals surface area contributed by atoms with E-state index in [1.165, 1.54) is 0 Å². The van der Waals surface area contributed by atoms with E-state index in [-0.39, 0.29) is 11.3 Å². The highest BCUT2D eigenvalue weighted by Crippen LogP contribution is 2.32. The Bertz CT molecular complexity index is 710. The van der Waals surface area contributed by atoms with Crippen molar-refractivity contribution >= 4 is 5.91 Å². The van der Waals surface area contributed by atoms with Crippen molar-refractivity contribution in [2.75, 3.05) is 13.1 Å². The Labute approximate surface area is 141 Å². The van der Waals surface area contributed by atoms with Crippen molar-refractivity contribution < 1.29 is 9.90 Å². The Kier molecular flexibility index (Phi) is 4.17. The van der Waals surface area contributed by atoms with Crippen molar-refractivity contribution in [2.24, 2.45) is 0 Å². The summed E-state index contributed by atoms with van der Waals surface area (Å²) in [6.07, 6.45) is 2.64. The van der Waals surface area contributed by atoms with Crippen molar-refractivity contribution in [1.29, 1.82) is 0 Å². The van der Waals surface area contributed by atoms with Crippen molar-refractivity contribution in [3.63, 3.8) is 0 Å². The summed E-state index contributed by atoms with van der Waals surface area (Å²) in [4.78, 5) is 18.6. The van der Waals surface area contributed by atoms with Gasteiger partial charge in [0.2, 0.25) is 0 Å². The highest BCUT2D eigenvalue weighted by molar-refractivity contribution is 5.92. The summed E-state index contributed by atoms with van der Waals surface area (Å²) in [5.74, 6) is -0.0928. The van der Waals surface area contributed by atoms with E-state index in [1.54, 1.807) is 11.1 Å². The number of aromatic nitrogens is 3. The van der Waals surface area contributed by atoms with Gasteiger partial charge in [0, 0.05) is 30.4 Å². The minimum absolute atomic E-state index is 0.0767. The summed E-state index contributed by atoms with van der Waals surface area (Å²) < 4.78 is 0. The first kappa shape index (κ1) is 16.6. The summed E-state index contributed by atoms with van der Waals surface area (Å²) in [5, 5.41) is 17.9. The van der Waals surface area contributed by atoms with Crippen LogP contribution in [0.15, 0.2) is 30.5 Å². The summed E-state index contributed by atoms with van der Waals surface area (Å²) in [6, 6.07) is 7.36. The average Bonchev–Trinajstić information content (AvgIpc) is 3.06. The molecule has 3 rings (SSSR count). The molecule has 1 aliphatic rings. The Morgan fingerprint density at radius 2 is 2.00 bits per heavy atom. The number of likely N-dealkylation sites (tertiary alicyclic amines) is 1. The minimum atomic E-state index is -0.958. The number of nitrogens with one attached hydrogen (secondary N) is 1. The average molecular weight is 328 g/mol. The van der Waals surface area contributed by atoms with Gasteiger partial charge in [0.25, 0.3) is 5.91 Å². The van der Waals surface area contributed by atoms with Gasteiger partial charge >= 0.3 is 0 Å². The first-order chi connectivity index (χ1) is 11.3. The maximum Gasteiger partial charge on any atom is 0.274 e. The van der Waals surface area contributed by atoms with Crippen LogP contribution in [-0.4, -0.2) is 44.2 Å². The van der Waals surface area contributed by atoms with E-state index in [0.29, 0.717) is 37.3 Å². The second-order valence-corrected chi connectivity index (χ2v) is 7.46. The summed E-state index contributed by atoms with van der Waals surface area (Å²) in [6.45, 7) is 7.20. The molecule has 0 unspecified atom stereocenters. The van der Waals surface area contributed by atoms with E-state index in [9.17, 15) is 9.90 Å². The fraction of sp³-hybridized carbons (Fsp3) is 0.500. The SMILES string of the molecule is CC(C)(C)c1cc(C(=O)N2CCC(O)(c3ccccn3)CC2)n[nH]1. The molecule has 0 aliphatic carbocycles. The van der Waals surface area contributed by atoms with E-state index in [4.69, 9.17) is 0 Å². The smallest absolute Gasteiger partial charge is 0.274 e. The van der Waals surface area contributed by atoms with Crippen LogP contribution in [-0.2, 0) is 11.0 Å². The normalized spacial score (nSPS) is 17.8. The maximum atomic E-state index is 12.6. The van der Waals surface area contributed by atoms with E-state index in [0.717, 1.165) is 5.69 Å². The Morgan fingerprint density at radius 3 is 2.54 bits per heavy atom. The van der Waals surface area contributed by atoms with E-state index < -0.39 is 5.60 Å². The van der Waals surface area contributed by atoms with Crippen molar-refractivity contribution in [1.82, 2.24) is 20.1 Å². The van der Waals surface area contributed by atoms with Crippen LogP contribution in [0.1, 0.15) is 55.5 Å². The number of aliphatic hydroxyl groups is 1. The molecule has 24 heavy (non-hydrogen) atoms. The Morgan fingerprint density at radius 1 is 1.29 bits per heavy atom. The van der Waals surface area contributed by atoms with Crippen LogP contribution in [0.2, 0.25) is 0 Å². The molecule has 6 nitrogen and oxygen atoms in total. The number of pyridine rings is 1. The van der Waals surface area contributed by atoms with Gasteiger partial charge in [-0.25, -0.2) is 0 Å². The molecule has 0 bridgehead atoms. The topological polar surface area (TPSA) is 82.1 Å². The van der Waals surface area contributed by atoms with Crippen LogP contribution in [0.25, 0.3) is 0 Å². The minimum Gasteiger partial charge on any atom is -0.383 e. The molecule has 0 spiro atoms. The van der Waals surface area contributed by atoms with Crippen LogP contribution in [0.5, 0.6) is 0 Å². The van der Waals surface area contributed by atoms with Crippen LogP contribution in [0.3, 0.4) is 0 Å². The second kappa shape index (κ2) is 6.02. The number of piperidine rings is 1. The number of aromatic amines is 1. The van der Waals surface area contributed by atoms with Crippen LogP contribution >= 0.6 is 0 Å². The van der Waals surface area contributed by atoms with Crippen molar-refractivity contribution in [3.8, 4) is 0 Å². The van der Waals surface area contributed by atoms with E-state index in [1.807, 2.05) is 24.3 Å². The van der Waals surface area contributed by atoms with Crippen LogP contribution in [0.4, 0.5) is 0 Å². The highest BCUT2D eigenvalue weighted by Gasteiger charge is 2.37. The van der Waals surface area contributed by atoms with Crippen molar-refractivity contribution in [3.05, 3.63) is 47.5 Å². The molecule has 0 radical (unpaired) electrons. The maximum absolute atomic E-state index is 12.6. The highest BCUT2D eigenvalue weighted by atomic mass is 16.3. The number of hydrogen-bond acceptors (Lipinski definition) is 4. The molecular weight excluding hydrogens is 304 g/mol. The van der Waals surface area contributed by atoms with Gasteiger partial charge in [0.05, 0.1) is 5.69 Å². The predicted octanol–water partition coefficient (Wildman–Crippen LogP) is 2.23. The largest absolute Gasteiger partial charge is 0.383 e. The number of hydrogen-bond donors (Lipinski definition) is 2. The number of rotatable bonds is 2. The van der Waals surface area contributed by atoms with Gasteiger partial charge in [-0.2, -0.15) is 5.10 Å². The fourth-order valence-corrected chi connectivity index (χ4v) is 2.95. The zero-order valence-corrected chi connectivity index (χ0v) is 14.4. The number of nitrogens with zero attached hydrogens (tertiary/aromatic N) is 3. The molecule has 1 amide bonds. The molecule has 2 N–H and O–H groups in total. The molecule has 1 fully saturated rings. The fourth-order valence-electron chi connectivity index (χ4n) is 2.95. The summed E-state index contributed by atoms with van der Waals surface area (Å²) >= 11 is 0. The third kappa shape index (κ3) is 3.19. The second-order valence-electron chi connectivity index (χ2n) is 7.46. The van der Waals surface area contributed by atoms with Gasteiger partial charge in [-0.05, 0) is 31.0 Å². The quantitative estimate of drug-likeness (QED) is 0.885. The molecular formula is C18H24N4O2. The molecule has 0 atom stereocenters. The van der Waals surface area contributed by atoms with Crippen LogP contribution < -0.4 is 0 Å². The monoisotopic (exact) mass is 328 g/mol. The molecule has 0 aromatic carbocycles. The van der Waals surface area contributed by atoms with Gasteiger partial charge in [-0.3, -0.25) is 14.9 Å².